The van der Waals surface area contributed by atoms with Crippen molar-refractivity contribution in [1.29, 1.82) is 0 Å². The second-order valence-corrected chi connectivity index (χ2v) is 6.25. The first kappa shape index (κ1) is 12.3. The van der Waals surface area contributed by atoms with Gasteiger partial charge in [0.05, 0.1) is 12.2 Å². The smallest absolute Gasteiger partial charge is 0.0707 e. The van der Waals surface area contributed by atoms with Crippen molar-refractivity contribution in [3.05, 3.63) is 0 Å². The van der Waals surface area contributed by atoms with Gasteiger partial charge in [0.2, 0.25) is 0 Å². The van der Waals surface area contributed by atoms with Crippen LogP contribution in [0.5, 0.6) is 0 Å². The van der Waals surface area contributed by atoms with E-state index < -0.39 is 0 Å². The lowest BCUT2D eigenvalue weighted by atomic mass is 10.1. The molecule has 1 N–H and O–H groups in total. The SMILES string of the molecule is CC(C)(C)NCCCN1CC2CCC(C1)O2. The van der Waals surface area contributed by atoms with Crippen LogP contribution in [-0.4, -0.2) is 48.8 Å². The molecule has 2 unspecified atom stereocenters. The summed E-state index contributed by atoms with van der Waals surface area (Å²) < 4.78 is 5.83. The maximum atomic E-state index is 5.83. The Labute approximate surface area is 99.5 Å². The van der Waals surface area contributed by atoms with Crippen molar-refractivity contribution in [1.82, 2.24) is 10.2 Å². The van der Waals surface area contributed by atoms with E-state index in [1.54, 1.807) is 0 Å². The highest BCUT2D eigenvalue weighted by Gasteiger charge is 2.33. The van der Waals surface area contributed by atoms with E-state index >= 15 is 0 Å². The standard InChI is InChI=1S/C13H26N2O/c1-13(2,3)14-7-4-8-15-9-11-5-6-12(10-15)16-11/h11-12,14H,4-10H2,1-3H3. The van der Waals surface area contributed by atoms with Gasteiger partial charge in [-0.15, -0.1) is 0 Å². The fraction of sp³-hybridized carbons (Fsp3) is 1.00. The van der Waals surface area contributed by atoms with Crippen LogP contribution in [-0.2, 0) is 4.74 Å². The Morgan fingerprint density at radius 2 is 1.81 bits per heavy atom. The molecule has 2 fully saturated rings. The second kappa shape index (κ2) is 5.03. The molecule has 0 radical (unpaired) electrons. The third kappa shape index (κ3) is 3.72. The molecule has 0 aromatic carbocycles. The molecule has 2 heterocycles. The van der Waals surface area contributed by atoms with Crippen LogP contribution >= 0.6 is 0 Å². The number of hydrogen-bond acceptors (Lipinski definition) is 3. The Morgan fingerprint density at radius 3 is 2.38 bits per heavy atom. The van der Waals surface area contributed by atoms with Crippen LogP contribution in [0.1, 0.15) is 40.0 Å². The molecule has 2 rings (SSSR count). The Balaban J connectivity index is 1.60. The highest BCUT2D eigenvalue weighted by molar-refractivity contribution is 4.84. The van der Waals surface area contributed by atoms with Crippen LogP contribution in [0, 0.1) is 0 Å². The van der Waals surface area contributed by atoms with Gasteiger partial charge in [-0.1, -0.05) is 0 Å². The van der Waals surface area contributed by atoms with Gasteiger partial charge in [-0.05, 0) is 53.1 Å². The molecule has 2 bridgehead atoms. The normalized spacial score (nSPS) is 30.9. The first-order chi connectivity index (χ1) is 7.53. The van der Waals surface area contributed by atoms with Crippen molar-refractivity contribution in [2.75, 3.05) is 26.2 Å². The number of morpholine rings is 1. The van der Waals surface area contributed by atoms with Gasteiger partial charge < -0.3 is 10.1 Å². The predicted molar refractivity (Wildman–Crippen MR) is 66.7 cm³/mol. The van der Waals surface area contributed by atoms with Crippen LogP contribution in [0.4, 0.5) is 0 Å². The minimum atomic E-state index is 0.254. The monoisotopic (exact) mass is 226 g/mol. The van der Waals surface area contributed by atoms with Crippen molar-refractivity contribution < 1.29 is 4.74 Å². The van der Waals surface area contributed by atoms with Gasteiger partial charge in [0.15, 0.2) is 0 Å². The summed E-state index contributed by atoms with van der Waals surface area (Å²) in [6, 6.07) is 0. The van der Waals surface area contributed by atoms with Crippen LogP contribution < -0.4 is 5.32 Å². The molecule has 0 aromatic rings. The summed E-state index contributed by atoms with van der Waals surface area (Å²) >= 11 is 0. The zero-order chi connectivity index (χ0) is 11.6. The molecule has 16 heavy (non-hydrogen) atoms. The van der Waals surface area contributed by atoms with Gasteiger partial charge in [-0.3, -0.25) is 4.90 Å². The summed E-state index contributed by atoms with van der Waals surface area (Å²) in [6.07, 6.45) is 4.88. The van der Waals surface area contributed by atoms with Gasteiger partial charge in [0.1, 0.15) is 0 Å². The van der Waals surface area contributed by atoms with Crippen molar-refractivity contribution in [3.63, 3.8) is 0 Å². The summed E-state index contributed by atoms with van der Waals surface area (Å²) in [4.78, 5) is 2.58. The van der Waals surface area contributed by atoms with E-state index in [0.717, 1.165) is 19.6 Å². The minimum Gasteiger partial charge on any atom is -0.372 e. The van der Waals surface area contributed by atoms with Crippen molar-refractivity contribution in [2.24, 2.45) is 0 Å². The molecule has 2 aliphatic heterocycles. The van der Waals surface area contributed by atoms with Crippen molar-refractivity contribution >= 4 is 0 Å². The van der Waals surface area contributed by atoms with Crippen molar-refractivity contribution in [2.45, 2.75) is 57.8 Å². The third-order valence-electron chi connectivity index (χ3n) is 3.43. The average Bonchev–Trinajstić information content (AvgIpc) is 2.52. The molecule has 0 spiro atoms. The van der Waals surface area contributed by atoms with E-state index in [0.29, 0.717) is 12.2 Å². The highest BCUT2D eigenvalue weighted by atomic mass is 16.5. The summed E-state index contributed by atoms with van der Waals surface area (Å²) in [5.74, 6) is 0. The molecule has 2 atom stereocenters. The summed E-state index contributed by atoms with van der Waals surface area (Å²) in [5.41, 5.74) is 0.254. The fourth-order valence-corrected chi connectivity index (χ4v) is 2.65. The van der Waals surface area contributed by atoms with E-state index in [1.165, 1.54) is 25.8 Å². The van der Waals surface area contributed by atoms with Crippen LogP contribution in [0.25, 0.3) is 0 Å². The molecule has 0 amide bonds. The first-order valence-electron chi connectivity index (χ1n) is 6.66. The van der Waals surface area contributed by atoms with Gasteiger partial charge in [0, 0.05) is 18.6 Å². The third-order valence-corrected chi connectivity index (χ3v) is 3.43. The molecule has 2 saturated heterocycles. The largest absolute Gasteiger partial charge is 0.372 e. The van der Waals surface area contributed by atoms with Crippen molar-refractivity contribution in [3.8, 4) is 0 Å². The maximum Gasteiger partial charge on any atom is 0.0707 e. The number of nitrogens with zero attached hydrogens (tertiary/aromatic N) is 1. The Hall–Kier alpha value is -0.120. The molecule has 0 saturated carbocycles. The van der Waals surface area contributed by atoms with Crippen LogP contribution in [0.15, 0.2) is 0 Å². The molecule has 3 nitrogen and oxygen atoms in total. The highest BCUT2D eigenvalue weighted by Crippen LogP contribution is 2.25. The number of hydrogen-bond donors (Lipinski definition) is 1. The molecule has 2 aliphatic rings. The van der Waals surface area contributed by atoms with E-state index in [4.69, 9.17) is 4.74 Å². The average molecular weight is 226 g/mol. The Bertz CT molecular complexity index is 212. The minimum absolute atomic E-state index is 0.254. The number of nitrogens with one attached hydrogen (secondary N) is 1. The fourth-order valence-electron chi connectivity index (χ4n) is 2.65. The van der Waals surface area contributed by atoms with E-state index in [2.05, 4.69) is 31.0 Å². The maximum absolute atomic E-state index is 5.83. The van der Waals surface area contributed by atoms with Gasteiger partial charge in [-0.2, -0.15) is 0 Å². The van der Waals surface area contributed by atoms with Gasteiger partial charge in [-0.25, -0.2) is 0 Å². The van der Waals surface area contributed by atoms with Crippen LogP contribution in [0.3, 0.4) is 0 Å². The summed E-state index contributed by atoms with van der Waals surface area (Å²) in [6.45, 7) is 11.3. The number of fused-ring (bicyclic) bond motifs is 2. The number of rotatable bonds is 4. The second-order valence-electron chi connectivity index (χ2n) is 6.25. The summed E-state index contributed by atoms with van der Waals surface area (Å²) in [7, 11) is 0. The summed E-state index contributed by atoms with van der Waals surface area (Å²) in [5, 5.41) is 3.54. The van der Waals surface area contributed by atoms with Gasteiger partial charge >= 0.3 is 0 Å². The quantitative estimate of drug-likeness (QED) is 0.737. The molecule has 3 heteroatoms. The lowest BCUT2D eigenvalue weighted by Crippen LogP contribution is -2.44. The molecular weight excluding hydrogens is 200 g/mol. The molecule has 0 aliphatic carbocycles. The molecule has 94 valence electrons. The predicted octanol–water partition coefficient (Wildman–Crippen LogP) is 1.63. The van der Waals surface area contributed by atoms with Gasteiger partial charge in [0.25, 0.3) is 0 Å². The zero-order valence-electron chi connectivity index (χ0n) is 11.0. The lowest BCUT2D eigenvalue weighted by molar-refractivity contribution is -0.0384. The topological polar surface area (TPSA) is 24.5 Å². The van der Waals surface area contributed by atoms with Crippen LogP contribution in [0.2, 0.25) is 0 Å². The number of ether oxygens (including phenoxy) is 1. The Kier molecular flexibility index (Phi) is 3.88. The molecular formula is C13H26N2O. The van der Waals surface area contributed by atoms with E-state index in [1.807, 2.05) is 0 Å². The zero-order valence-corrected chi connectivity index (χ0v) is 11.0. The lowest BCUT2D eigenvalue weighted by Gasteiger charge is -2.32. The van der Waals surface area contributed by atoms with E-state index in [9.17, 15) is 0 Å². The van der Waals surface area contributed by atoms with E-state index in [-0.39, 0.29) is 5.54 Å². The molecule has 0 aromatic heterocycles. The number of likely N-dealkylation sites (tertiary alicyclic amines) is 1. The Morgan fingerprint density at radius 1 is 1.19 bits per heavy atom. The first-order valence-corrected chi connectivity index (χ1v) is 6.66.